The van der Waals surface area contributed by atoms with Gasteiger partial charge in [-0.3, -0.25) is 4.79 Å². The molecule has 1 unspecified atom stereocenters. The highest BCUT2D eigenvalue weighted by molar-refractivity contribution is 6.34. The number of aromatic carboxylic acids is 1. The molecular formula is C28H29N3O5. The van der Waals surface area contributed by atoms with E-state index >= 15 is 0 Å². The van der Waals surface area contributed by atoms with Gasteiger partial charge in [-0.15, -0.1) is 0 Å². The highest BCUT2D eigenvalue weighted by Crippen LogP contribution is 2.34. The van der Waals surface area contributed by atoms with Crippen LogP contribution in [0, 0.1) is 5.41 Å². The van der Waals surface area contributed by atoms with Gasteiger partial charge in [0.1, 0.15) is 6.04 Å². The number of carboxylic acids is 1. The molecule has 1 aromatic heterocycles. The van der Waals surface area contributed by atoms with Crippen LogP contribution in [-0.2, 0) is 14.3 Å². The largest absolute Gasteiger partial charge is 0.478 e. The molecule has 0 spiro atoms. The van der Waals surface area contributed by atoms with Gasteiger partial charge in [0.15, 0.2) is 0 Å². The van der Waals surface area contributed by atoms with Gasteiger partial charge in [-0.1, -0.05) is 39.0 Å². The van der Waals surface area contributed by atoms with E-state index in [-0.39, 0.29) is 17.4 Å². The molecule has 36 heavy (non-hydrogen) atoms. The lowest BCUT2D eigenvalue weighted by atomic mass is 9.85. The molecule has 4 rings (SSSR count). The summed E-state index contributed by atoms with van der Waals surface area (Å²) in [6.45, 7) is 9.80. The number of amides is 1. The zero-order valence-corrected chi connectivity index (χ0v) is 21.0. The zero-order valence-electron chi connectivity index (χ0n) is 21.0. The Morgan fingerprint density at radius 3 is 2.39 bits per heavy atom. The van der Waals surface area contributed by atoms with Crippen molar-refractivity contribution in [1.29, 1.82) is 0 Å². The molecule has 2 aromatic carbocycles. The molecule has 0 aliphatic carbocycles. The van der Waals surface area contributed by atoms with E-state index in [1.165, 1.54) is 17.1 Å². The number of rotatable bonds is 6. The first-order chi connectivity index (χ1) is 17.0. The van der Waals surface area contributed by atoms with E-state index in [0.29, 0.717) is 23.6 Å². The first-order valence-electron chi connectivity index (χ1n) is 11.8. The van der Waals surface area contributed by atoms with E-state index in [9.17, 15) is 19.5 Å². The van der Waals surface area contributed by atoms with Crippen molar-refractivity contribution >= 4 is 46.2 Å². The van der Waals surface area contributed by atoms with E-state index in [2.05, 4.69) is 5.10 Å². The summed E-state index contributed by atoms with van der Waals surface area (Å²) >= 11 is 0. The second-order valence-corrected chi connectivity index (χ2v) is 9.66. The van der Waals surface area contributed by atoms with Crippen molar-refractivity contribution in [2.45, 2.75) is 40.7 Å². The molecule has 2 heterocycles. The number of hydrogen-bond acceptors (Lipinski definition) is 5. The van der Waals surface area contributed by atoms with Gasteiger partial charge in [0.05, 0.1) is 29.1 Å². The topological polar surface area (TPSA) is 101 Å². The molecule has 1 aliphatic rings. The Hall–Kier alpha value is -4.20. The molecule has 1 aliphatic heterocycles. The number of para-hydroxylation sites is 1. The van der Waals surface area contributed by atoms with Gasteiger partial charge in [0.2, 0.25) is 0 Å². The van der Waals surface area contributed by atoms with E-state index in [4.69, 9.17) is 4.74 Å². The third-order valence-corrected chi connectivity index (χ3v) is 6.06. The monoisotopic (exact) mass is 487 g/mol. The van der Waals surface area contributed by atoms with Gasteiger partial charge in [0, 0.05) is 28.1 Å². The maximum Gasteiger partial charge on any atom is 0.335 e. The fraction of sp³-hybridized carbons (Fsp3) is 0.286. The van der Waals surface area contributed by atoms with Crippen molar-refractivity contribution in [2.75, 3.05) is 11.6 Å². The van der Waals surface area contributed by atoms with Gasteiger partial charge >= 0.3 is 11.9 Å². The predicted octanol–water partition coefficient (Wildman–Crippen LogP) is 5.30. The average molecular weight is 488 g/mol. The van der Waals surface area contributed by atoms with Crippen molar-refractivity contribution in [1.82, 2.24) is 4.57 Å². The number of hydrazone groups is 1. The molecule has 8 heteroatoms. The number of nitrogens with zero attached hydrogens (tertiary/aromatic N) is 3. The normalized spacial score (nSPS) is 15.9. The van der Waals surface area contributed by atoms with Crippen molar-refractivity contribution in [3.8, 4) is 0 Å². The molecule has 1 N–H and O–H groups in total. The van der Waals surface area contributed by atoms with E-state index in [1.54, 1.807) is 26.0 Å². The Labute approximate surface area is 209 Å². The summed E-state index contributed by atoms with van der Waals surface area (Å²) in [5.74, 6) is -1.68. The minimum atomic E-state index is -1.04. The standard InChI is InChI=1S/C28H29N3O5/c1-6-36-27(35)17(2)30-16-19(21-9-7-8-10-23(21)30)15-22-24(28(3,4)5)29-31(25(22)32)20-13-11-18(12-14-20)26(33)34/h7-17H,6H2,1-5H3,(H,33,34). The van der Waals surface area contributed by atoms with Crippen LogP contribution in [0.15, 0.2) is 65.4 Å². The van der Waals surface area contributed by atoms with E-state index in [0.717, 1.165) is 16.5 Å². The number of anilines is 1. The summed E-state index contributed by atoms with van der Waals surface area (Å²) in [6.07, 6.45) is 3.67. The maximum atomic E-state index is 13.6. The summed E-state index contributed by atoms with van der Waals surface area (Å²) in [7, 11) is 0. The Morgan fingerprint density at radius 2 is 1.78 bits per heavy atom. The quantitative estimate of drug-likeness (QED) is 0.376. The van der Waals surface area contributed by atoms with Crippen molar-refractivity contribution in [3.05, 3.63) is 71.4 Å². The maximum absolute atomic E-state index is 13.6. The molecule has 0 saturated carbocycles. The SMILES string of the molecule is CCOC(=O)C(C)n1cc(C=C2C(=O)N(c3ccc(C(=O)O)cc3)N=C2C(C)(C)C)c2ccccc21. The molecule has 0 bridgehead atoms. The van der Waals surface area contributed by atoms with Gasteiger partial charge in [-0.05, 0) is 50.3 Å². The number of carbonyl (C=O) groups excluding carboxylic acids is 2. The Balaban J connectivity index is 1.81. The lowest BCUT2D eigenvalue weighted by Crippen LogP contribution is -2.24. The van der Waals surface area contributed by atoms with Crippen molar-refractivity contribution in [3.63, 3.8) is 0 Å². The first-order valence-corrected chi connectivity index (χ1v) is 11.8. The number of carbonyl (C=O) groups is 3. The van der Waals surface area contributed by atoms with Crippen LogP contribution in [0.25, 0.3) is 17.0 Å². The average Bonchev–Trinajstić information content (AvgIpc) is 3.37. The van der Waals surface area contributed by atoms with Crippen LogP contribution in [0.4, 0.5) is 5.69 Å². The smallest absolute Gasteiger partial charge is 0.335 e. The minimum absolute atomic E-state index is 0.129. The number of benzene rings is 2. The van der Waals surface area contributed by atoms with Gasteiger partial charge in [0.25, 0.3) is 5.91 Å². The molecule has 0 saturated heterocycles. The fourth-order valence-corrected chi connectivity index (χ4v) is 4.22. The lowest BCUT2D eigenvalue weighted by molar-refractivity contribution is -0.146. The molecule has 8 nitrogen and oxygen atoms in total. The van der Waals surface area contributed by atoms with Gasteiger partial charge in [-0.25, -0.2) is 9.59 Å². The Morgan fingerprint density at radius 1 is 1.11 bits per heavy atom. The Kier molecular flexibility index (Phi) is 6.54. The highest BCUT2D eigenvalue weighted by Gasteiger charge is 2.37. The molecular weight excluding hydrogens is 458 g/mol. The van der Waals surface area contributed by atoms with Crippen LogP contribution in [0.1, 0.15) is 56.6 Å². The number of hydrogen-bond donors (Lipinski definition) is 1. The number of ether oxygens (including phenoxy) is 1. The summed E-state index contributed by atoms with van der Waals surface area (Å²) in [5, 5.41) is 16.0. The minimum Gasteiger partial charge on any atom is -0.478 e. The Bertz CT molecular complexity index is 1410. The fourth-order valence-electron chi connectivity index (χ4n) is 4.22. The molecule has 3 aromatic rings. The first kappa shape index (κ1) is 24.9. The van der Waals surface area contributed by atoms with Crippen LogP contribution in [0.2, 0.25) is 0 Å². The second-order valence-electron chi connectivity index (χ2n) is 9.66. The van der Waals surface area contributed by atoms with Crippen LogP contribution in [0.5, 0.6) is 0 Å². The molecule has 1 amide bonds. The number of aromatic nitrogens is 1. The third kappa shape index (κ3) is 4.54. The second kappa shape index (κ2) is 9.45. The summed E-state index contributed by atoms with van der Waals surface area (Å²) in [5.41, 5.74) is 2.86. The molecule has 0 radical (unpaired) electrons. The molecule has 0 fully saturated rings. The van der Waals surface area contributed by atoms with Crippen molar-refractivity contribution < 1.29 is 24.2 Å². The number of carboxylic acid groups (broad SMARTS) is 1. The van der Waals surface area contributed by atoms with Crippen LogP contribution >= 0.6 is 0 Å². The van der Waals surface area contributed by atoms with Gasteiger partial charge < -0.3 is 14.4 Å². The summed E-state index contributed by atoms with van der Waals surface area (Å²) in [4.78, 5) is 37.3. The molecule has 186 valence electrons. The number of esters is 1. The number of fused-ring (bicyclic) bond motifs is 1. The highest BCUT2D eigenvalue weighted by atomic mass is 16.5. The van der Waals surface area contributed by atoms with Crippen LogP contribution in [0.3, 0.4) is 0 Å². The lowest BCUT2D eigenvalue weighted by Gasteiger charge is -2.17. The molecule has 1 atom stereocenters. The van der Waals surface area contributed by atoms with E-state index < -0.39 is 17.4 Å². The summed E-state index contributed by atoms with van der Waals surface area (Å²) < 4.78 is 7.08. The predicted molar refractivity (Wildman–Crippen MR) is 139 cm³/mol. The van der Waals surface area contributed by atoms with Crippen molar-refractivity contribution in [2.24, 2.45) is 10.5 Å². The van der Waals surface area contributed by atoms with E-state index in [1.807, 2.05) is 61.9 Å². The zero-order chi connectivity index (χ0) is 26.2. The van der Waals surface area contributed by atoms with Crippen LogP contribution in [-0.4, -0.2) is 39.8 Å². The summed E-state index contributed by atoms with van der Waals surface area (Å²) in [6, 6.07) is 13.2. The van der Waals surface area contributed by atoms with Crippen LogP contribution < -0.4 is 5.01 Å². The third-order valence-electron chi connectivity index (χ3n) is 6.06. The van der Waals surface area contributed by atoms with Gasteiger partial charge in [-0.2, -0.15) is 10.1 Å².